The lowest BCUT2D eigenvalue weighted by Crippen LogP contribution is -2.03. The molecule has 23 heavy (non-hydrogen) atoms. The van der Waals surface area contributed by atoms with Crippen LogP contribution in [-0.4, -0.2) is 11.1 Å². The molecule has 0 saturated carbocycles. The number of unbranched alkanes of at least 4 members (excludes halogenated alkanes) is 1. The molecule has 0 radical (unpaired) electrons. The highest BCUT2D eigenvalue weighted by Gasteiger charge is 2.19. The number of carbonyl (C=O) groups is 1. The number of nitriles is 1. The van der Waals surface area contributed by atoms with E-state index in [0.717, 1.165) is 18.4 Å². The zero-order chi connectivity index (χ0) is 16.8. The topological polar surface area (TPSA) is 61.1 Å². The SMILES string of the molecule is CCC/C=C/c1ccc(-c2c(C(=O)O)ccc(C#N)c2F)cc1. The summed E-state index contributed by atoms with van der Waals surface area (Å²) in [5, 5.41) is 18.2. The molecule has 0 atom stereocenters. The maximum Gasteiger partial charge on any atom is 0.336 e. The van der Waals surface area contributed by atoms with Crippen molar-refractivity contribution in [2.75, 3.05) is 0 Å². The summed E-state index contributed by atoms with van der Waals surface area (Å²) >= 11 is 0. The second-order valence-corrected chi connectivity index (χ2v) is 5.08. The van der Waals surface area contributed by atoms with Gasteiger partial charge in [-0.1, -0.05) is 49.8 Å². The number of carboxylic acid groups (broad SMARTS) is 1. The zero-order valence-electron chi connectivity index (χ0n) is 12.7. The third kappa shape index (κ3) is 3.64. The maximum atomic E-state index is 14.4. The first-order valence-electron chi connectivity index (χ1n) is 7.31. The molecule has 0 amide bonds. The monoisotopic (exact) mass is 309 g/mol. The van der Waals surface area contributed by atoms with Crippen molar-refractivity contribution < 1.29 is 14.3 Å². The van der Waals surface area contributed by atoms with Crippen molar-refractivity contribution in [3.05, 3.63) is 65.0 Å². The molecule has 0 heterocycles. The Morgan fingerprint density at radius 1 is 1.26 bits per heavy atom. The van der Waals surface area contributed by atoms with Gasteiger partial charge in [-0.3, -0.25) is 0 Å². The first-order chi connectivity index (χ1) is 11.1. The van der Waals surface area contributed by atoms with Gasteiger partial charge in [0.1, 0.15) is 11.9 Å². The van der Waals surface area contributed by atoms with Gasteiger partial charge in [-0.2, -0.15) is 5.26 Å². The highest BCUT2D eigenvalue weighted by atomic mass is 19.1. The Bertz CT molecular complexity index is 786. The predicted molar refractivity (Wildman–Crippen MR) is 87.5 cm³/mol. The molecule has 2 aromatic carbocycles. The fourth-order valence-electron chi connectivity index (χ4n) is 2.27. The van der Waals surface area contributed by atoms with Gasteiger partial charge in [0.05, 0.1) is 11.1 Å². The molecule has 0 aliphatic rings. The summed E-state index contributed by atoms with van der Waals surface area (Å²) in [7, 11) is 0. The van der Waals surface area contributed by atoms with Gasteiger partial charge in [0.25, 0.3) is 0 Å². The molecule has 0 aliphatic carbocycles. The molecule has 0 fully saturated rings. The summed E-state index contributed by atoms with van der Waals surface area (Å²) in [6, 6.07) is 11.1. The smallest absolute Gasteiger partial charge is 0.336 e. The lowest BCUT2D eigenvalue weighted by Gasteiger charge is -2.09. The lowest BCUT2D eigenvalue weighted by atomic mass is 9.95. The minimum absolute atomic E-state index is 0.0550. The zero-order valence-corrected chi connectivity index (χ0v) is 12.7. The molecule has 0 aromatic heterocycles. The molecular weight excluding hydrogens is 293 g/mol. The number of allylic oxidation sites excluding steroid dienone is 1. The highest BCUT2D eigenvalue weighted by Crippen LogP contribution is 2.29. The molecule has 0 unspecified atom stereocenters. The average Bonchev–Trinajstić information content (AvgIpc) is 2.55. The largest absolute Gasteiger partial charge is 0.478 e. The third-order valence-electron chi connectivity index (χ3n) is 3.46. The van der Waals surface area contributed by atoms with Gasteiger partial charge in [0.2, 0.25) is 0 Å². The second kappa shape index (κ2) is 7.37. The van der Waals surface area contributed by atoms with E-state index in [4.69, 9.17) is 5.26 Å². The van der Waals surface area contributed by atoms with Crippen LogP contribution in [0.5, 0.6) is 0 Å². The van der Waals surface area contributed by atoms with Crippen LogP contribution in [0.2, 0.25) is 0 Å². The molecule has 1 N–H and O–H groups in total. The van der Waals surface area contributed by atoms with Gasteiger partial charge in [-0.05, 0) is 29.7 Å². The van der Waals surface area contributed by atoms with Gasteiger partial charge < -0.3 is 5.11 Å². The van der Waals surface area contributed by atoms with Crippen molar-refractivity contribution in [2.45, 2.75) is 19.8 Å². The number of carboxylic acids is 1. The Balaban J connectivity index is 2.49. The molecule has 0 bridgehead atoms. The number of nitrogens with zero attached hydrogens (tertiary/aromatic N) is 1. The van der Waals surface area contributed by atoms with E-state index in [1.807, 2.05) is 6.08 Å². The minimum atomic E-state index is -1.23. The van der Waals surface area contributed by atoms with Gasteiger partial charge in [-0.15, -0.1) is 0 Å². The van der Waals surface area contributed by atoms with Crippen LogP contribution in [0.4, 0.5) is 4.39 Å². The third-order valence-corrected chi connectivity index (χ3v) is 3.46. The molecule has 0 spiro atoms. The summed E-state index contributed by atoms with van der Waals surface area (Å²) in [6.45, 7) is 2.09. The Morgan fingerprint density at radius 3 is 2.52 bits per heavy atom. The number of halogens is 1. The van der Waals surface area contributed by atoms with Gasteiger partial charge >= 0.3 is 5.97 Å². The normalized spacial score (nSPS) is 10.7. The van der Waals surface area contributed by atoms with Crippen LogP contribution < -0.4 is 0 Å². The van der Waals surface area contributed by atoms with E-state index in [-0.39, 0.29) is 16.7 Å². The fourth-order valence-corrected chi connectivity index (χ4v) is 2.27. The number of hydrogen-bond acceptors (Lipinski definition) is 2. The molecule has 4 heteroatoms. The van der Waals surface area contributed by atoms with E-state index in [2.05, 4.69) is 13.0 Å². The van der Waals surface area contributed by atoms with Crippen molar-refractivity contribution >= 4 is 12.0 Å². The quantitative estimate of drug-likeness (QED) is 0.856. The molecule has 116 valence electrons. The second-order valence-electron chi connectivity index (χ2n) is 5.08. The number of benzene rings is 2. The van der Waals surface area contributed by atoms with E-state index in [0.29, 0.717) is 5.56 Å². The minimum Gasteiger partial charge on any atom is -0.478 e. The number of rotatable bonds is 5. The van der Waals surface area contributed by atoms with Crippen LogP contribution >= 0.6 is 0 Å². The summed E-state index contributed by atoms with van der Waals surface area (Å²) < 4.78 is 14.4. The summed E-state index contributed by atoms with van der Waals surface area (Å²) in [4.78, 5) is 11.3. The van der Waals surface area contributed by atoms with Crippen LogP contribution in [0.15, 0.2) is 42.5 Å². The molecule has 0 saturated heterocycles. The highest BCUT2D eigenvalue weighted by molar-refractivity contribution is 5.96. The summed E-state index contributed by atoms with van der Waals surface area (Å²) in [5.74, 6) is -2.03. The Morgan fingerprint density at radius 2 is 1.96 bits per heavy atom. The van der Waals surface area contributed by atoms with Crippen LogP contribution in [-0.2, 0) is 0 Å². The lowest BCUT2D eigenvalue weighted by molar-refractivity contribution is 0.0697. The standard InChI is InChI=1S/C19H16FNO2/c1-2-3-4-5-13-6-8-14(9-7-13)17-16(19(22)23)11-10-15(12-21)18(17)20/h4-11H,2-3H2,1H3,(H,22,23)/b5-4+. The van der Waals surface area contributed by atoms with E-state index >= 15 is 0 Å². The average molecular weight is 309 g/mol. The Kier molecular flexibility index (Phi) is 5.27. The summed E-state index contributed by atoms with van der Waals surface area (Å²) in [5.41, 5.74) is 1.01. The molecular formula is C19H16FNO2. The Labute approximate surface area is 134 Å². The van der Waals surface area contributed by atoms with E-state index in [1.165, 1.54) is 12.1 Å². The van der Waals surface area contributed by atoms with Crippen molar-refractivity contribution in [2.24, 2.45) is 0 Å². The van der Waals surface area contributed by atoms with Gasteiger partial charge in [0, 0.05) is 5.56 Å². The molecule has 3 nitrogen and oxygen atoms in total. The van der Waals surface area contributed by atoms with Crippen LogP contribution in [0, 0.1) is 17.1 Å². The van der Waals surface area contributed by atoms with Crippen molar-refractivity contribution in [3.8, 4) is 17.2 Å². The molecule has 2 aromatic rings. The van der Waals surface area contributed by atoms with Crippen molar-refractivity contribution in [3.63, 3.8) is 0 Å². The molecule has 0 aliphatic heterocycles. The van der Waals surface area contributed by atoms with Crippen LogP contribution in [0.3, 0.4) is 0 Å². The van der Waals surface area contributed by atoms with E-state index in [1.54, 1.807) is 30.3 Å². The Hall–Kier alpha value is -2.93. The van der Waals surface area contributed by atoms with Crippen LogP contribution in [0.25, 0.3) is 17.2 Å². The van der Waals surface area contributed by atoms with Gasteiger partial charge in [-0.25, -0.2) is 9.18 Å². The number of hydrogen-bond donors (Lipinski definition) is 1. The van der Waals surface area contributed by atoms with Crippen LogP contribution in [0.1, 0.15) is 41.3 Å². The summed E-state index contributed by atoms with van der Waals surface area (Å²) in [6.07, 6.45) is 6.05. The van der Waals surface area contributed by atoms with E-state index < -0.39 is 11.8 Å². The van der Waals surface area contributed by atoms with Gasteiger partial charge in [0.15, 0.2) is 0 Å². The molecule has 2 rings (SSSR count). The number of aromatic carboxylic acids is 1. The fraction of sp³-hybridized carbons (Fsp3) is 0.158. The van der Waals surface area contributed by atoms with Crippen molar-refractivity contribution in [1.82, 2.24) is 0 Å². The van der Waals surface area contributed by atoms with E-state index in [9.17, 15) is 14.3 Å². The predicted octanol–water partition coefficient (Wildman–Crippen LogP) is 4.88. The van der Waals surface area contributed by atoms with Crippen molar-refractivity contribution in [1.29, 1.82) is 5.26 Å². The maximum absolute atomic E-state index is 14.4. The first-order valence-corrected chi connectivity index (χ1v) is 7.31. The first kappa shape index (κ1) is 16.4.